The van der Waals surface area contributed by atoms with E-state index in [4.69, 9.17) is 14.2 Å². The highest BCUT2D eigenvalue weighted by Crippen LogP contribution is 2.31. The molecule has 0 aliphatic heterocycles. The van der Waals surface area contributed by atoms with E-state index in [0.29, 0.717) is 28.5 Å². The van der Waals surface area contributed by atoms with Gasteiger partial charge in [-0.3, -0.25) is 10.1 Å². The highest BCUT2D eigenvalue weighted by atomic mass is 32.2. The standard InChI is InChI=1S/C21H20N6O7S/c1-32-17-8-3-14(13-18(17)33-2)21-24-23-19-9-10-20(25-26(19)21)34-12-11-22-35(30,31)16-6-4-15(5-7-16)27(28)29/h3-10,13,22H,11-12H2,1-2H3. The summed E-state index contributed by atoms with van der Waals surface area (Å²) in [6, 6.07) is 13.1. The summed E-state index contributed by atoms with van der Waals surface area (Å²) < 4.78 is 44.8. The van der Waals surface area contributed by atoms with Crippen LogP contribution in [0.5, 0.6) is 17.4 Å². The Balaban J connectivity index is 1.44. The highest BCUT2D eigenvalue weighted by Gasteiger charge is 2.16. The van der Waals surface area contributed by atoms with Crippen molar-refractivity contribution in [3.63, 3.8) is 0 Å². The van der Waals surface area contributed by atoms with Crippen LogP contribution in [-0.2, 0) is 10.0 Å². The summed E-state index contributed by atoms with van der Waals surface area (Å²) in [5.74, 6) is 1.77. The van der Waals surface area contributed by atoms with Gasteiger partial charge in [-0.05, 0) is 36.4 Å². The van der Waals surface area contributed by atoms with Crippen molar-refractivity contribution in [2.45, 2.75) is 4.90 Å². The number of ether oxygens (including phenoxy) is 3. The molecule has 0 aliphatic carbocycles. The minimum atomic E-state index is -3.86. The number of aromatic nitrogens is 4. The molecule has 182 valence electrons. The Morgan fingerprint density at radius 1 is 1.00 bits per heavy atom. The van der Waals surface area contributed by atoms with Gasteiger partial charge in [0, 0.05) is 30.3 Å². The summed E-state index contributed by atoms with van der Waals surface area (Å²) in [6.45, 7) is -0.0672. The SMILES string of the molecule is COc1ccc(-c2nnc3ccc(OCCNS(=O)(=O)c4ccc([N+](=O)[O-])cc4)nn23)cc1OC. The Morgan fingerprint density at radius 3 is 2.43 bits per heavy atom. The summed E-state index contributed by atoms with van der Waals surface area (Å²) in [7, 11) is -0.784. The van der Waals surface area contributed by atoms with E-state index in [1.54, 1.807) is 37.4 Å². The number of non-ortho nitro benzene ring substituents is 1. The van der Waals surface area contributed by atoms with E-state index in [9.17, 15) is 18.5 Å². The van der Waals surface area contributed by atoms with Crippen molar-refractivity contribution >= 4 is 21.4 Å². The van der Waals surface area contributed by atoms with Crippen LogP contribution in [-0.4, -0.2) is 60.5 Å². The molecule has 14 heteroatoms. The number of nitro benzene ring substituents is 1. The number of hydrogen-bond acceptors (Lipinski definition) is 10. The number of fused-ring (bicyclic) bond motifs is 1. The maximum absolute atomic E-state index is 12.4. The minimum Gasteiger partial charge on any atom is -0.493 e. The molecular formula is C21H20N6O7S. The lowest BCUT2D eigenvalue weighted by atomic mass is 10.2. The number of methoxy groups -OCH3 is 2. The third kappa shape index (κ3) is 5.12. The van der Waals surface area contributed by atoms with Gasteiger partial charge in [0.1, 0.15) is 6.61 Å². The molecule has 2 heterocycles. The molecule has 0 fully saturated rings. The first-order valence-electron chi connectivity index (χ1n) is 10.1. The lowest BCUT2D eigenvalue weighted by molar-refractivity contribution is -0.384. The van der Waals surface area contributed by atoms with Crippen molar-refractivity contribution in [2.24, 2.45) is 0 Å². The number of nitrogens with zero attached hydrogens (tertiary/aromatic N) is 5. The van der Waals surface area contributed by atoms with Crippen LogP contribution < -0.4 is 18.9 Å². The van der Waals surface area contributed by atoms with Gasteiger partial charge in [0.2, 0.25) is 15.9 Å². The first-order chi connectivity index (χ1) is 16.8. The van der Waals surface area contributed by atoms with Crippen molar-refractivity contribution in [1.82, 2.24) is 24.5 Å². The molecule has 13 nitrogen and oxygen atoms in total. The summed E-state index contributed by atoms with van der Waals surface area (Å²) in [5, 5.41) is 23.4. The summed E-state index contributed by atoms with van der Waals surface area (Å²) in [5.41, 5.74) is 0.979. The largest absolute Gasteiger partial charge is 0.493 e. The van der Waals surface area contributed by atoms with E-state index in [0.717, 1.165) is 12.1 Å². The summed E-state index contributed by atoms with van der Waals surface area (Å²) in [6.07, 6.45) is 0. The zero-order chi connectivity index (χ0) is 25.0. The fourth-order valence-corrected chi connectivity index (χ4v) is 4.18. The van der Waals surface area contributed by atoms with Crippen LogP contribution in [0, 0.1) is 10.1 Å². The molecule has 2 aromatic carbocycles. The van der Waals surface area contributed by atoms with E-state index < -0.39 is 14.9 Å². The number of benzene rings is 2. The van der Waals surface area contributed by atoms with Crippen LogP contribution >= 0.6 is 0 Å². The van der Waals surface area contributed by atoms with Crippen LogP contribution in [0.1, 0.15) is 0 Å². The average molecular weight is 500 g/mol. The van der Waals surface area contributed by atoms with Crippen LogP contribution in [0.3, 0.4) is 0 Å². The van der Waals surface area contributed by atoms with E-state index >= 15 is 0 Å². The van der Waals surface area contributed by atoms with E-state index in [1.807, 2.05) is 0 Å². The molecule has 0 saturated carbocycles. The molecule has 0 bridgehead atoms. The summed E-state index contributed by atoms with van der Waals surface area (Å²) >= 11 is 0. The predicted molar refractivity (Wildman–Crippen MR) is 123 cm³/mol. The molecule has 2 aromatic heterocycles. The molecule has 4 aromatic rings. The van der Waals surface area contributed by atoms with Crippen LogP contribution in [0.25, 0.3) is 17.0 Å². The lowest BCUT2D eigenvalue weighted by Crippen LogP contribution is -2.28. The Hall–Kier alpha value is -4.30. The van der Waals surface area contributed by atoms with Gasteiger partial charge in [0.15, 0.2) is 23.0 Å². The van der Waals surface area contributed by atoms with Crippen molar-refractivity contribution in [2.75, 3.05) is 27.4 Å². The molecule has 0 spiro atoms. The monoisotopic (exact) mass is 500 g/mol. The molecule has 35 heavy (non-hydrogen) atoms. The molecule has 0 unspecified atom stereocenters. The zero-order valence-corrected chi connectivity index (χ0v) is 19.4. The fourth-order valence-electron chi connectivity index (χ4n) is 3.17. The van der Waals surface area contributed by atoms with E-state index in [2.05, 4.69) is 20.0 Å². The van der Waals surface area contributed by atoms with Gasteiger partial charge in [-0.25, -0.2) is 13.1 Å². The van der Waals surface area contributed by atoms with Crippen LogP contribution in [0.4, 0.5) is 5.69 Å². The Morgan fingerprint density at radius 2 is 1.74 bits per heavy atom. The van der Waals surface area contributed by atoms with Gasteiger partial charge in [-0.2, -0.15) is 4.52 Å². The fraction of sp³-hybridized carbons (Fsp3) is 0.190. The van der Waals surface area contributed by atoms with Crippen LogP contribution in [0.2, 0.25) is 0 Å². The van der Waals surface area contributed by atoms with Crippen molar-refractivity contribution in [3.8, 4) is 28.8 Å². The quantitative estimate of drug-likeness (QED) is 0.194. The van der Waals surface area contributed by atoms with Crippen LogP contribution in [0.15, 0.2) is 59.5 Å². The van der Waals surface area contributed by atoms with Gasteiger partial charge in [-0.15, -0.1) is 15.3 Å². The Bertz CT molecular complexity index is 1470. The first kappa shape index (κ1) is 23.8. The second-order valence-electron chi connectivity index (χ2n) is 7.03. The number of rotatable bonds is 10. The van der Waals surface area contributed by atoms with Crippen molar-refractivity contribution in [1.29, 1.82) is 0 Å². The smallest absolute Gasteiger partial charge is 0.269 e. The molecule has 0 amide bonds. The number of nitrogens with one attached hydrogen (secondary N) is 1. The lowest BCUT2D eigenvalue weighted by Gasteiger charge is -2.09. The normalized spacial score (nSPS) is 11.4. The Labute approximate surface area is 199 Å². The topological polar surface area (TPSA) is 160 Å². The maximum Gasteiger partial charge on any atom is 0.269 e. The first-order valence-corrected chi connectivity index (χ1v) is 11.6. The number of hydrogen-bond donors (Lipinski definition) is 1. The highest BCUT2D eigenvalue weighted by molar-refractivity contribution is 7.89. The molecule has 0 saturated heterocycles. The molecule has 0 atom stereocenters. The number of nitro groups is 1. The van der Waals surface area contributed by atoms with Gasteiger partial charge in [0.05, 0.1) is 24.0 Å². The van der Waals surface area contributed by atoms with E-state index in [1.165, 1.54) is 23.8 Å². The third-order valence-electron chi connectivity index (χ3n) is 4.88. The van der Waals surface area contributed by atoms with Gasteiger partial charge >= 0.3 is 0 Å². The second-order valence-corrected chi connectivity index (χ2v) is 8.80. The average Bonchev–Trinajstić information content (AvgIpc) is 3.29. The molecular weight excluding hydrogens is 480 g/mol. The van der Waals surface area contributed by atoms with Gasteiger partial charge in [-0.1, -0.05) is 0 Å². The molecule has 0 aliphatic rings. The minimum absolute atomic E-state index is 0.0153. The molecule has 0 radical (unpaired) electrons. The van der Waals surface area contributed by atoms with E-state index in [-0.39, 0.29) is 29.6 Å². The zero-order valence-electron chi connectivity index (χ0n) is 18.6. The summed E-state index contributed by atoms with van der Waals surface area (Å²) in [4.78, 5) is 10.0. The van der Waals surface area contributed by atoms with Crippen molar-refractivity contribution < 1.29 is 27.6 Å². The third-order valence-corrected chi connectivity index (χ3v) is 6.36. The van der Waals surface area contributed by atoms with Gasteiger partial charge < -0.3 is 14.2 Å². The predicted octanol–water partition coefficient (Wildman–Crippen LogP) is 2.07. The molecule has 1 N–H and O–H groups in total. The number of sulfonamides is 1. The maximum atomic E-state index is 12.4. The Kier molecular flexibility index (Phi) is 6.75. The van der Waals surface area contributed by atoms with Gasteiger partial charge in [0.25, 0.3) is 5.69 Å². The second kappa shape index (κ2) is 9.90. The van der Waals surface area contributed by atoms with Crippen molar-refractivity contribution in [3.05, 3.63) is 64.7 Å². The molecule has 4 rings (SSSR count).